The van der Waals surface area contributed by atoms with Gasteiger partial charge in [0.2, 0.25) is 0 Å². The maximum absolute atomic E-state index is 6.32. The van der Waals surface area contributed by atoms with E-state index in [0.29, 0.717) is 6.42 Å². The van der Waals surface area contributed by atoms with Gasteiger partial charge in [0.05, 0.1) is 13.2 Å². The number of halogens is 1. The SMILES string of the molecule is COc1cc(C)ccc1C(Cc1ccc(C)cc1Cl)NN. The number of aryl methyl sites for hydroxylation is 2. The summed E-state index contributed by atoms with van der Waals surface area (Å²) >= 11 is 6.32. The Morgan fingerprint density at radius 2 is 1.81 bits per heavy atom. The first-order valence-electron chi connectivity index (χ1n) is 6.91. The van der Waals surface area contributed by atoms with Crippen LogP contribution in [0.3, 0.4) is 0 Å². The average Bonchev–Trinajstić information content (AvgIpc) is 2.47. The Morgan fingerprint density at radius 1 is 1.14 bits per heavy atom. The Hall–Kier alpha value is -1.55. The number of nitrogens with two attached hydrogens (primary N) is 1. The first-order chi connectivity index (χ1) is 10.0. The molecule has 0 saturated heterocycles. The summed E-state index contributed by atoms with van der Waals surface area (Å²) in [5.41, 5.74) is 7.26. The Kier molecular flexibility index (Phi) is 5.23. The minimum atomic E-state index is -0.0549. The summed E-state index contributed by atoms with van der Waals surface area (Å²) in [4.78, 5) is 0. The van der Waals surface area contributed by atoms with Crippen molar-refractivity contribution in [2.45, 2.75) is 26.3 Å². The second-order valence-electron chi connectivity index (χ2n) is 5.26. The van der Waals surface area contributed by atoms with Gasteiger partial charge in [-0.1, -0.05) is 35.9 Å². The zero-order chi connectivity index (χ0) is 15.4. The van der Waals surface area contributed by atoms with E-state index in [0.717, 1.165) is 33.0 Å². The number of benzene rings is 2. The van der Waals surface area contributed by atoms with E-state index in [4.69, 9.17) is 22.2 Å². The monoisotopic (exact) mass is 304 g/mol. The minimum Gasteiger partial charge on any atom is -0.496 e. The molecule has 0 aliphatic rings. The highest BCUT2D eigenvalue weighted by Gasteiger charge is 2.17. The van der Waals surface area contributed by atoms with E-state index < -0.39 is 0 Å². The zero-order valence-electron chi connectivity index (χ0n) is 12.6. The van der Waals surface area contributed by atoms with Gasteiger partial charge >= 0.3 is 0 Å². The van der Waals surface area contributed by atoms with Gasteiger partial charge in [0, 0.05) is 10.6 Å². The lowest BCUT2D eigenvalue weighted by Gasteiger charge is -2.20. The van der Waals surface area contributed by atoms with E-state index in [1.165, 1.54) is 0 Å². The van der Waals surface area contributed by atoms with Crippen LogP contribution in [0, 0.1) is 13.8 Å². The van der Waals surface area contributed by atoms with Gasteiger partial charge in [-0.3, -0.25) is 11.3 Å². The fourth-order valence-electron chi connectivity index (χ4n) is 2.40. The van der Waals surface area contributed by atoms with Gasteiger partial charge in [-0.15, -0.1) is 0 Å². The fraction of sp³-hybridized carbons (Fsp3) is 0.294. The van der Waals surface area contributed by atoms with Gasteiger partial charge in [0.15, 0.2) is 0 Å². The van der Waals surface area contributed by atoms with E-state index in [1.807, 2.05) is 38.1 Å². The molecule has 112 valence electrons. The molecule has 0 aliphatic heterocycles. The number of hydrogen-bond donors (Lipinski definition) is 2. The van der Waals surface area contributed by atoms with Crippen LogP contribution in [0.15, 0.2) is 36.4 Å². The number of hydrazine groups is 1. The normalized spacial score (nSPS) is 12.2. The Labute approximate surface area is 131 Å². The lowest BCUT2D eigenvalue weighted by Crippen LogP contribution is -2.30. The van der Waals surface area contributed by atoms with Crippen LogP contribution < -0.4 is 16.0 Å². The van der Waals surface area contributed by atoms with Crippen LogP contribution in [0.1, 0.15) is 28.3 Å². The smallest absolute Gasteiger partial charge is 0.123 e. The molecule has 0 saturated carbocycles. The standard InChI is InChI=1S/C17H21ClN2O/c1-11-4-6-13(15(18)8-11)10-16(20-19)14-7-5-12(2)9-17(14)21-3/h4-9,16,20H,10,19H2,1-3H3. The molecule has 3 N–H and O–H groups in total. The Morgan fingerprint density at radius 3 is 2.43 bits per heavy atom. The molecule has 1 unspecified atom stereocenters. The van der Waals surface area contributed by atoms with Gasteiger partial charge < -0.3 is 4.74 Å². The third-order valence-electron chi connectivity index (χ3n) is 3.60. The molecule has 2 rings (SSSR count). The third kappa shape index (κ3) is 3.76. The molecule has 2 aromatic rings. The van der Waals surface area contributed by atoms with Gasteiger partial charge in [-0.2, -0.15) is 0 Å². The highest BCUT2D eigenvalue weighted by molar-refractivity contribution is 6.31. The van der Waals surface area contributed by atoms with E-state index in [-0.39, 0.29) is 6.04 Å². The summed E-state index contributed by atoms with van der Waals surface area (Å²) in [6.45, 7) is 4.06. The van der Waals surface area contributed by atoms with Crippen molar-refractivity contribution >= 4 is 11.6 Å². The second-order valence-corrected chi connectivity index (χ2v) is 5.67. The summed E-state index contributed by atoms with van der Waals surface area (Å²) in [5.74, 6) is 6.58. The van der Waals surface area contributed by atoms with Crippen LogP contribution in [-0.2, 0) is 6.42 Å². The average molecular weight is 305 g/mol. The maximum Gasteiger partial charge on any atom is 0.123 e. The van der Waals surface area contributed by atoms with Crippen molar-refractivity contribution in [3.8, 4) is 5.75 Å². The topological polar surface area (TPSA) is 47.3 Å². The van der Waals surface area contributed by atoms with E-state index in [2.05, 4.69) is 17.6 Å². The Balaban J connectivity index is 2.32. The number of nitrogens with one attached hydrogen (secondary N) is 1. The summed E-state index contributed by atoms with van der Waals surface area (Å²) in [6.07, 6.45) is 0.703. The van der Waals surface area contributed by atoms with E-state index in [1.54, 1.807) is 7.11 Å². The minimum absolute atomic E-state index is 0.0549. The predicted octanol–water partition coefficient (Wildman–Crippen LogP) is 3.71. The molecule has 21 heavy (non-hydrogen) atoms. The highest BCUT2D eigenvalue weighted by Crippen LogP contribution is 2.30. The first kappa shape index (κ1) is 15.8. The highest BCUT2D eigenvalue weighted by atomic mass is 35.5. The van der Waals surface area contributed by atoms with Gasteiger partial charge in [0.1, 0.15) is 5.75 Å². The molecule has 3 nitrogen and oxygen atoms in total. The first-order valence-corrected chi connectivity index (χ1v) is 7.28. The molecule has 0 bridgehead atoms. The van der Waals surface area contributed by atoms with Gasteiger partial charge in [-0.25, -0.2) is 0 Å². The van der Waals surface area contributed by atoms with Crippen LogP contribution in [0.25, 0.3) is 0 Å². The molecule has 0 amide bonds. The van der Waals surface area contributed by atoms with Crippen molar-refractivity contribution in [1.29, 1.82) is 0 Å². The number of methoxy groups -OCH3 is 1. The summed E-state index contributed by atoms with van der Waals surface area (Å²) in [7, 11) is 1.67. The second kappa shape index (κ2) is 6.94. The summed E-state index contributed by atoms with van der Waals surface area (Å²) in [5, 5.41) is 0.765. The number of ether oxygens (including phenoxy) is 1. The van der Waals surface area contributed by atoms with E-state index in [9.17, 15) is 0 Å². The van der Waals surface area contributed by atoms with Crippen LogP contribution in [-0.4, -0.2) is 7.11 Å². The molecule has 0 heterocycles. The molecular weight excluding hydrogens is 284 g/mol. The van der Waals surface area contributed by atoms with Crippen LogP contribution in [0.5, 0.6) is 5.75 Å². The van der Waals surface area contributed by atoms with E-state index >= 15 is 0 Å². The van der Waals surface area contributed by atoms with Crippen LogP contribution in [0.2, 0.25) is 5.02 Å². The van der Waals surface area contributed by atoms with Crippen molar-refractivity contribution in [3.63, 3.8) is 0 Å². The molecule has 0 fully saturated rings. The largest absolute Gasteiger partial charge is 0.496 e. The summed E-state index contributed by atoms with van der Waals surface area (Å²) < 4.78 is 5.47. The molecule has 1 atom stereocenters. The lowest BCUT2D eigenvalue weighted by molar-refractivity contribution is 0.398. The van der Waals surface area contributed by atoms with Gasteiger partial charge in [0.25, 0.3) is 0 Å². The number of rotatable bonds is 5. The van der Waals surface area contributed by atoms with Crippen molar-refractivity contribution < 1.29 is 4.74 Å². The molecule has 4 heteroatoms. The zero-order valence-corrected chi connectivity index (χ0v) is 13.4. The van der Waals surface area contributed by atoms with Crippen molar-refractivity contribution in [1.82, 2.24) is 5.43 Å². The lowest BCUT2D eigenvalue weighted by atomic mass is 9.97. The number of hydrogen-bond acceptors (Lipinski definition) is 3. The fourth-order valence-corrected chi connectivity index (χ4v) is 2.71. The van der Waals surface area contributed by atoms with Gasteiger partial charge in [-0.05, 0) is 49.1 Å². The Bertz CT molecular complexity index is 628. The van der Waals surface area contributed by atoms with Crippen LogP contribution >= 0.6 is 11.6 Å². The predicted molar refractivity (Wildman–Crippen MR) is 87.7 cm³/mol. The molecule has 0 aromatic heterocycles. The quantitative estimate of drug-likeness (QED) is 0.654. The summed E-state index contributed by atoms with van der Waals surface area (Å²) in [6, 6.07) is 12.1. The maximum atomic E-state index is 6.32. The molecule has 2 aromatic carbocycles. The van der Waals surface area contributed by atoms with Crippen molar-refractivity contribution in [3.05, 3.63) is 63.7 Å². The molecule has 0 spiro atoms. The molecule has 0 aliphatic carbocycles. The van der Waals surface area contributed by atoms with Crippen molar-refractivity contribution in [2.24, 2.45) is 5.84 Å². The van der Waals surface area contributed by atoms with Crippen LogP contribution in [0.4, 0.5) is 0 Å². The third-order valence-corrected chi connectivity index (χ3v) is 3.95. The molecular formula is C17H21ClN2O. The molecule has 0 radical (unpaired) electrons. The van der Waals surface area contributed by atoms with Crippen molar-refractivity contribution in [2.75, 3.05) is 7.11 Å².